The number of benzene rings is 2. The van der Waals surface area contributed by atoms with Crippen molar-refractivity contribution >= 4 is 35.7 Å². The van der Waals surface area contributed by atoms with Crippen LogP contribution in [0.2, 0.25) is 0 Å². The van der Waals surface area contributed by atoms with Gasteiger partial charge in [0.2, 0.25) is 0 Å². The molecule has 45 heavy (non-hydrogen) atoms. The van der Waals surface area contributed by atoms with Gasteiger partial charge in [0.1, 0.15) is 22.7 Å². The maximum Gasteiger partial charge on any atom is 0.306 e. The molecular weight excluding hydrogens is 572 g/mol. The van der Waals surface area contributed by atoms with Gasteiger partial charge in [-0.05, 0) is 127 Å². The summed E-state index contributed by atoms with van der Waals surface area (Å²) in [5.74, 6) is 0.323. The van der Waals surface area contributed by atoms with E-state index in [1.807, 2.05) is 91.8 Å². The first-order chi connectivity index (χ1) is 21.0. The highest BCUT2D eigenvalue weighted by Crippen LogP contribution is 2.22. The molecule has 0 unspecified atom stereocenters. The van der Waals surface area contributed by atoms with Gasteiger partial charge in [-0.15, -0.1) is 0 Å². The van der Waals surface area contributed by atoms with Gasteiger partial charge in [0.05, 0.1) is 19.6 Å². The van der Waals surface area contributed by atoms with Gasteiger partial charge in [-0.3, -0.25) is 19.2 Å². The molecule has 0 atom stereocenters. The number of carbonyl (C=O) groups is 4. The molecule has 0 aliphatic rings. The molecule has 2 rings (SSSR count). The smallest absolute Gasteiger partial charge is 0.306 e. The summed E-state index contributed by atoms with van der Waals surface area (Å²) in [4.78, 5) is 48.4. The van der Waals surface area contributed by atoms with Crippen LogP contribution in [0.4, 0.5) is 0 Å². The predicted molar refractivity (Wildman–Crippen MR) is 176 cm³/mol. The summed E-state index contributed by atoms with van der Waals surface area (Å²) in [6.07, 6.45) is 7.59. The zero-order chi connectivity index (χ0) is 33.6. The molecule has 0 saturated heterocycles. The van der Waals surface area contributed by atoms with Crippen LogP contribution in [0.1, 0.15) is 95.9 Å². The van der Waals surface area contributed by atoms with Gasteiger partial charge < -0.3 is 18.9 Å². The first-order valence-electron chi connectivity index (χ1n) is 15.3. The van der Waals surface area contributed by atoms with Gasteiger partial charge in [0, 0.05) is 12.8 Å². The number of ether oxygens (including phenoxy) is 4. The average Bonchev–Trinajstić information content (AvgIpc) is 2.91. The SMILES string of the molecule is Cc1cc(/C=C/C(=O)CC(=O)/C=C/c2ccc(OCCCC(=O)OC(C)(C)C)c(C)c2)ccc1OCCCC(=O)OC(C)(C)C. The Morgan fingerprint density at radius 3 is 1.33 bits per heavy atom. The first kappa shape index (κ1) is 37.0. The van der Waals surface area contributed by atoms with Crippen molar-refractivity contribution in [2.75, 3.05) is 13.2 Å². The Bertz CT molecular complexity index is 1280. The largest absolute Gasteiger partial charge is 0.493 e. The van der Waals surface area contributed by atoms with Crippen LogP contribution in [0.15, 0.2) is 48.6 Å². The molecule has 0 amide bonds. The molecule has 244 valence electrons. The lowest BCUT2D eigenvalue weighted by atomic mass is 10.1. The second-order valence-electron chi connectivity index (χ2n) is 12.9. The zero-order valence-corrected chi connectivity index (χ0v) is 28.0. The second-order valence-corrected chi connectivity index (χ2v) is 12.9. The number of hydrogen-bond donors (Lipinski definition) is 0. The van der Waals surface area contributed by atoms with Crippen LogP contribution in [0, 0.1) is 13.8 Å². The molecule has 2 aromatic rings. The number of carbonyl (C=O) groups excluding carboxylic acids is 4. The van der Waals surface area contributed by atoms with E-state index in [-0.39, 0.29) is 42.8 Å². The molecule has 0 spiro atoms. The molecule has 0 fully saturated rings. The van der Waals surface area contributed by atoms with Gasteiger partial charge in [0.25, 0.3) is 0 Å². The third-order valence-electron chi connectivity index (χ3n) is 6.08. The lowest BCUT2D eigenvalue weighted by Crippen LogP contribution is -2.24. The molecule has 8 nitrogen and oxygen atoms in total. The van der Waals surface area contributed by atoms with Gasteiger partial charge in [-0.25, -0.2) is 0 Å². The molecule has 0 aliphatic carbocycles. The van der Waals surface area contributed by atoms with Crippen LogP contribution < -0.4 is 9.47 Å². The monoisotopic (exact) mass is 620 g/mol. The van der Waals surface area contributed by atoms with Crippen molar-refractivity contribution in [2.24, 2.45) is 0 Å². The van der Waals surface area contributed by atoms with E-state index in [9.17, 15) is 19.2 Å². The van der Waals surface area contributed by atoms with E-state index in [1.54, 1.807) is 12.2 Å². The van der Waals surface area contributed by atoms with E-state index in [0.717, 1.165) is 22.3 Å². The molecule has 0 saturated carbocycles. The highest BCUT2D eigenvalue weighted by Gasteiger charge is 2.17. The minimum Gasteiger partial charge on any atom is -0.493 e. The number of hydrogen-bond acceptors (Lipinski definition) is 8. The molecule has 0 N–H and O–H groups in total. The number of allylic oxidation sites excluding steroid dienone is 2. The second kappa shape index (κ2) is 17.3. The Hall–Kier alpha value is -4.20. The maximum atomic E-state index is 12.4. The van der Waals surface area contributed by atoms with E-state index in [4.69, 9.17) is 18.9 Å². The fourth-order valence-corrected chi connectivity index (χ4v) is 4.13. The number of rotatable bonds is 16. The summed E-state index contributed by atoms with van der Waals surface area (Å²) < 4.78 is 22.2. The molecule has 0 radical (unpaired) electrons. The van der Waals surface area contributed by atoms with Crippen molar-refractivity contribution in [3.05, 3.63) is 70.8 Å². The van der Waals surface area contributed by atoms with Crippen molar-refractivity contribution in [1.82, 2.24) is 0 Å². The van der Waals surface area contributed by atoms with E-state index in [1.165, 1.54) is 12.2 Å². The normalized spacial score (nSPS) is 11.9. The molecule has 0 heterocycles. The number of ketones is 2. The van der Waals surface area contributed by atoms with Crippen LogP contribution in [-0.4, -0.2) is 47.9 Å². The summed E-state index contributed by atoms with van der Waals surface area (Å²) in [6, 6.07) is 11.1. The number of aryl methyl sites for hydroxylation is 2. The van der Waals surface area contributed by atoms with Crippen molar-refractivity contribution in [3.8, 4) is 11.5 Å². The summed E-state index contributed by atoms with van der Waals surface area (Å²) >= 11 is 0. The van der Waals surface area contributed by atoms with Crippen molar-refractivity contribution in [1.29, 1.82) is 0 Å². The third kappa shape index (κ3) is 15.9. The summed E-state index contributed by atoms with van der Waals surface area (Å²) in [7, 11) is 0. The fourth-order valence-electron chi connectivity index (χ4n) is 4.13. The standard InChI is InChI=1S/C37H48O8/c1-26-23-28(15-19-32(26)42-21-9-11-34(40)44-36(3,4)5)13-17-30(38)25-31(39)18-14-29-16-20-33(27(2)24-29)43-22-10-12-35(41)45-37(6,7)8/h13-20,23-24H,9-12,21-22,25H2,1-8H3/b17-13+,18-14+. The lowest BCUT2D eigenvalue weighted by molar-refractivity contribution is -0.156. The summed E-state index contributed by atoms with van der Waals surface area (Å²) in [5.41, 5.74) is 2.42. The van der Waals surface area contributed by atoms with E-state index < -0.39 is 11.2 Å². The van der Waals surface area contributed by atoms with Crippen molar-refractivity contribution in [3.63, 3.8) is 0 Å². The van der Waals surface area contributed by atoms with Gasteiger partial charge in [0.15, 0.2) is 11.6 Å². The molecule has 0 aliphatic heterocycles. The van der Waals surface area contributed by atoms with Gasteiger partial charge in [-0.1, -0.05) is 24.3 Å². The van der Waals surface area contributed by atoms with Crippen LogP contribution in [-0.2, 0) is 28.7 Å². The topological polar surface area (TPSA) is 105 Å². The Morgan fingerprint density at radius 2 is 1.00 bits per heavy atom. The molecular formula is C37H48O8. The fraction of sp³-hybridized carbons (Fsp3) is 0.459. The number of esters is 2. The predicted octanol–water partition coefficient (Wildman–Crippen LogP) is 7.56. The van der Waals surface area contributed by atoms with Crippen LogP contribution in [0.5, 0.6) is 11.5 Å². The van der Waals surface area contributed by atoms with E-state index in [0.29, 0.717) is 37.6 Å². The lowest BCUT2D eigenvalue weighted by Gasteiger charge is -2.19. The quantitative estimate of drug-likeness (QED) is 0.0819. The van der Waals surface area contributed by atoms with Crippen molar-refractivity contribution < 1.29 is 38.1 Å². The molecule has 2 aromatic carbocycles. The molecule has 0 aromatic heterocycles. The molecule has 8 heteroatoms. The minimum atomic E-state index is -0.500. The third-order valence-corrected chi connectivity index (χ3v) is 6.08. The Balaban J connectivity index is 1.77. The van der Waals surface area contributed by atoms with Crippen LogP contribution in [0.3, 0.4) is 0 Å². The summed E-state index contributed by atoms with van der Waals surface area (Å²) in [5, 5.41) is 0. The van der Waals surface area contributed by atoms with Crippen LogP contribution >= 0.6 is 0 Å². The zero-order valence-electron chi connectivity index (χ0n) is 28.0. The van der Waals surface area contributed by atoms with E-state index in [2.05, 4.69) is 0 Å². The molecule has 0 bridgehead atoms. The minimum absolute atomic E-state index is 0.233. The van der Waals surface area contributed by atoms with Gasteiger partial charge in [-0.2, -0.15) is 0 Å². The first-order valence-corrected chi connectivity index (χ1v) is 15.3. The van der Waals surface area contributed by atoms with Gasteiger partial charge >= 0.3 is 11.9 Å². The highest BCUT2D eigenvalue weighted by atomic mass is 16.6. The maximum absolute atomic E-state index is 12.4. The Morgan fingerprint density at radius 1 is 0.622 bits per heavy atom. The average molecular weight is 621 g/mol. The summed E-state index contributed by atoms with van der Waals surface area (Å²) in [6.45, 7) is 15.6. The highest BCUT2D eigenvalue weighted by molar-refractivity contribution is 6.10. The Labute approximate surface area is 267 Å². The van der Waals surface area contributed by atoms with Crippen LogP contribution in [0.25, 0.3) is 12.2 Å². The Kier molecular flexibility index (Phi) is 14.2. The van der Waals surface area contributed by atoms with E-state index >= 15 is 0 Å². The van der Waals surface area contributed by atoms with Crippen molar-refractivity contribution in [2.45, 2.75) is 98.7 Å².